The number of furan rings is 1. The Balaban J connectivity index is 1.72. The summed E-state index contributed by atoms with van der Waals surface area (Å²) in [4.78, 5) is 13.0. The largest absolute Gasteiger partial charge is 0.497 e. The molecule has 0 saturated carbocycles. The first-order chi connectivity index (χ1) is 12.8. The van der Waals surface area contributed by atoms with Crippen LogP contribution >= 0.6 is 0 Å². The van der Waals surface area contributed by atoms with Gasteiger partial charge in [-0.1, -0.05) is 30.3 Å². The molecule has 0 aliphatic carbocycles. The number of rotatable bonds is 4. The van der Waals surface area contributed by atoms with Gasteiger partial charge in [0.25, 0.3) is 5.91 Å². The minimum atomic E-state index is -0.265. The van der Waals surface area contributed by atoms with E-state index in [-0.39, 0.29) is 11.9 Å². The number of carbonyl (C=O) groups is 1. The van der Waals surface area contributed by atoms with Crippen molar-refractivity contribution in [2.45, 2.75) is 12.5 Å². The minimum Gasteiger partial charge on any atom is -0.497 e. The predicted molar refractivity (Wildman–Crippen MR) is 98.2 cm³/mol. The Bertz CT molecular complexity index is 933. The third-order valence-corrected chi connectivity index (χ3v) is 4.41. The quantitative estimate of drug-likeness (QED) is 0.708. The predicted octanol–water partition coefficient (Wildman–Crippen LogP) is 4.28. The molecule has 1 amide bonds. The summed E-state index contributed by atoms with van der Waals surface area (Å²) in [7, 11) is 1.63. The van der Waals surface area contributed by atoms with Crippen LogP contribution in [-0.4, -0.2) is 23.7 Å². The van der Waals surface area contributed by atoms with E-state index in [1.54, 1.807) is 25.5 Å². The lowest BCUT2D eigenvalue weighted by molar-refractivity contribution is 0.0693. The molecule has 4 rings (SSSR count). The fourth-order valence-corrected chi connectivity index (χ4v) is 3.09. The fourth-order valence-electron chi connectivity index (χ4n) is 3.09. The molecule has 1 aliphatic rings. The van der Waals surface area contributed by atoms with Crippen LogP contribution in [0.2, 0.25) is 0 Å². The third kappa shape index (κ3) is 2.99. The molecule has 5 nitrogen and oxygen atoms in total. The van der Waals surface area contributed by atoms with Crippen LogP contribution in [0.3, 0.4) is 0 Å². The van der Waals surface area contributed by atoms with Gasteiger partial charge in [0.05, 0.1) is 19.1 Å². The number of amides is 1. The second kappa shape index (κ2) is 6.88. The maximum atomic E-state index is 13.0. The number of hydrogen-bond donors (Lipinski definition) is 0. The van der Waals surface area contributed by atoms with E-state index in [0.29, 0.717) is 12.0 Å². The highest BCUT2D eigenvalue weighted by Gasteiger charge is 2.35. The summed E-state index contributed by atoms with van der Waals surface area (Å²) in [5.41, 5.74) is 2.36. The van der Waals surface area contributed by atoms with Crippen molar-refractivity contribution in [3.63, 3.8) is 0 Å². The van der Waals surface area contributed by atoms with Gasteiger partial charge in [-0.2, -0.15) is 5.10 Å². The molecule has 130 valence electrons. The number of hydrazone groups is 1. The van der Waals surface area contributed by atoms with E-state index in [1.807, 2.05) is 54.6 Å². The Morgan fingerprint density at radius 1 is 1.12 bits per heavy atom. The number of hydrogen-bond acceptors (Lipinski definition) is 4. The Kier molecular flexibility index (Phi) is 4.27. The van der Waals surface area contributed by atoms with Crippen LogP contribution in [0.5, 0.6) is 5.75 Å². The van der Waals surface area contributed by atoms with Crippen molar-refractivity contribution in [1.29, 1.82) is 0 Å². The van der Waals surface area contributed by atoms with E-state index in [4.69, 9.17) is 9.15 Å². The summed E-state index contributed by atoms with van der Waals surface area (Å²) < 4.78 is 10.9. The second-order valence-electron chi connectivity index (χ2n) is 6.03. The lowest BCUT2D eigenvalue weighted by Gasteiger charge is -2.19. The van der Waals surface area contributed by atoms with Crippen molar-refractivity contribution >= 4 is 11.6 Å². The average molecular weight is 346 g/mol. The molecule has 1 aromatic heterocycles. The lowest BCUT2D eigenvalue weighted by Crippen LogP contribution is -2.26. The van der Waals surface area contributed by atoms with Crippen molar-refractivity contribution in [3.05, 3.63) is 89.9 Å². The van der Waals surface area contributed by atoms with E-state index in [1.165, 1.54) is 5.01 Å². The molecule has 2 heterocycles. The number of benzene rings is 2. The van der Waals surface area contributed by atoms with E-state index in [0.717, 1.165) is 22.8 Å². The smallest absolute Gasteiger partial charge is 0.274 e. The van der Waals surface area contributed by atoms with Crippen molar-refractivity contribution in [2.75, 3.05) is 7.11 Å². The molecule has 1 atom stereocenters. The van der Waals surface area contributed by atoms with Gasteiger partial charge >= 0.3 is 0 Å². The van der Waals surface area contributed by atoms with Gasteiger partial charge in [0.1, 0.15) is 17.6 Å². The van der Waals surface area contributed by atoms with Crippen LogP contribution in [0.1, 0.15) is 34.1 Å². The number of ether oxygens (including phenoxy) is 1. The molecule has 0 saturated heterocycles. The Morgan fingerprint density at radius 3 is 2.69 bits per heavy atom. The van der Waals surface area contributed by atoms with Crippen LogP contribution in [0.15, 0.2) is 82.5 Å². The zero-order valence-electron chi connectivity index (χ0n) is 14.3. The normalized spacial score (nSPS) is 16.4. The van der Waals surface area contributed by atoms with Gasteiger partial charge in [0.2, 0.25) is 0 Å². The lowest BCUT2D eigenvalue weighted by atomic mass is 10.0. The maximum Gasteiger partial charge on any atom is 0.274 e. The van der Waals surface area contributed by atoms with Gasteiger partial charge in [-0.15, -0.1) is 0 Å². The zero-order valence-corrected chi connectivity index (χ0v) is 14.3. The molecule has 5 heteroatoms. The van der Waals surface area contributed by atoms with Crippen molar-refractivity contribution in [2.24, 2.45) is 5.10 Å². The van der Waals surface area contributed by atoms with Crippen molar-refractivity contribution in [3.8, 4) is 5.75 Å². The Labute approximate surface area is 151 Å². The molecule has 0 bridgehead atoms. The third-order valence-electron chi connectivity index (χ3n) is 4.41. The van der Waals surface area contributed by atoms with Gasteiger partial charge in [-0.25, -0.2) is 5.01 Å². The summed E-state index contributed by atoms with van der Waals surface area (Å²) in [6.45, 7) is 0. The van der Waals surface area contributed by atoms with E-state index < -0.39 is 0 Å². The van der Waals surface area contributed by atoms with Gasteiger partial charge in [-0.3, -0.25) is 4.79 Å². The maximum absolute atomic E-state index is 13.0. The second-order valence-corrected chi connectivity index (χ2v) is 6.03. The van der Waals surface area contributed by atoms with E-state index in [2.05, 4.69) is 5.10 Å². The molecular formula is C21H18N2O3. The van der Waals surface area contributed by atoms with Crippen LogP contribution in [0.25, 0.3) is 0 Å². The number of methoxy groups -OCH3 is 1. The van der Waals surface area contributed by atoms with Crippen molar-refractivity contribution in [1.82, 2.24) is 5.01 Å². The molecule has 1 aliphatic heterocycles. The molecular weight excluding hydrogens is 328 g/mol. The standard InChI is InChI=1S/C21H18N2O3/c1-25-17-10-5-9-16(13-17)18-14-19(20-11-6-12-26-20)23(22-18)21(24)15-7-3-2-4-8-15/h2-13,19H,14H2,1H3/t19-/m1/s1. The van der Waals surface area contributed by atoms with E-state index >= 15 is 0 Å². The Hall–Kier alpha value is -3.34. The summed E-state index contributed by atoms with van der Waals surface area (Å²) in [5.74, 6) is 1.33. The zero-order chi connectivity index (χ0) is 17.9. The summed E-state index contributed by atoms with van der Waals surface area (Å²) in [6, 6.07) is 20.3. The Morgan fingerprint density at radius 2 is 1.96 bits per heavy atom. The summed E-state index contributed by atoms with van der Waals surface area (Å²) in [6.07, 6.45) is 2.20. The monoisotopic (exact) mass is 346 g/mol. The SMILES string of the molecule is COc1cccc(C2=NN(C(=O)c3ccccc3)[C@@H](c3ccco3)C2)c1. The number of nitrogens with zero attached hydrogens (tertiary/aromatic N) is 2. The van der Waals surface area contributed by atoms with Crippen molar-refractivity contribution < 1.29 is 13.9 Å². The van der Waals surface area contributed by atoms with Gasteiger partial charge in [0.15, 0.2) is 0 Å². The van der Waals surface area contributed by atoms with Gasteiger partial charge < -0.3 is 9.15 Å². The first-order valence-corrected chi connectivity index (χ1v) is 8.40. The fraction of sp³-hybridized carbons (Fsp3) is 0.143. The van der Waals surface area contributed by atoms with Crippen LogP contribution in [0, 0.1) is 0 Å². The molecule has 0 N–H and O–H groups in total. The average Bonchev–Trinajstić information content (AvgIpc) is 3.38. The molecule has 0 unspecified atom stereocenters. The topological polar surface area (TPSA) is 55.0 Å². The summed E-state index contributed by atoms with van der Waals surface area (Å²) >= 11 is 0. The minimum absolute atomic E-state index is 0.148. The molecule has 2 aromatic carbocycles. The molecule has 26 heavy (non-hydrogen) atoms. The first kappa shape index (κ1) is 16.1. The molecule has 0 radical (unpaired) electrons. The number of carbonyl (C=O) groups excluding carboxylic acids is 1. The van der Waals surface area contributed by atoms with E-state index in [9.17, 15) is 4.79 Å². The van der Waals surface area contributed by atoms with Gasteiger partial charge in [-0.05, 0) is 36.4 Å². The highest BCUT2D eigenvalue weighted by atomic mass is 16.5. The molecule has 0 spiro atoms. The highest BCUT2D eigenvalue weighted by Crippen LogP contribution is 2.34. The molecule has 0 fully saturated rings. The van der Waals surface area contributed by atoms with Crippen LogP contribution in [-0.2, 0) is 0 Å². The highest BCUT2D eigenvalue weighted by molar-refractivity contribution is 6.05. The summed E-state index contributed by atoms with van der Waals surface area (Å²) in [5, 5.41) is 6.15. The molecule has 3 aromatic rings. The first-order valence-electron chi connectivity index (χ1n) is 8.40. The van der Waals surface area contributed by atoms with Gasteiger partial charge in [0, 0.05) is 17.5 Å². The van der Waals surface area contributed by atoms with Crippen LogP contribution < -0.4 is 4.74 Å². The van der Waals surface area contributed by atoms with Crippen LogP contribution in [0.4, 0.5) is 0 Å².